The van der Waals surface area contributed by atoms with Crippen LogP contribution in [0.5, 0.6) is 0 Å². The van der Waals surface area contributed by atoms with Gasteiger partial charge in [-0.1, -0.05) is 12.1 Å². The summed E-state index contributed by atoms with van der Waals surface area (Å²) in [4.78, 5) is 19.1. The van der Waals surface area contributed by atoms with E-state index in [4.69, 9.17) is 4.42 Å². The minimum Gasteiger partial charge on any atom is -0.441 e. The van der Waals surface area contributed by atoms with Crippen molar-refractivity contribution in [1.82, 2.24) is 9.97 Å². The number of benzene rings is 1. The first-order chi connectivity index (χ1) is 11.1. The van der Waals surface area contributed by atoms with Crippen LogP contribution < -0.4 is 5.56 Å². The first-order valence-corrected chi connectivity index (χ1v) is 7.47. The second kappa shape index (κ2) is 6.36. The second-order valence-electron chi connectivity index (χ2n) is 5.47. The molecule has 1 aromatic carbocycles. The molecule has 0 radical (unpaired) electrons. The normalized spacial score (nSPS) is 12.7. The fourth-order valence-electron chi connectivity index (χ4n) is 2.59. The van der Waals surface area contributed by atoms with Crippen molar-refractivity contribution in [3.05, 3.63) is 63.4 Å². The molecule has 0 aliphatic heterocycles. The molecule has 0 saturated carbocycles. The highest BCUT2D eigenvalue weighted by molar-refractivity contribution is 5.72. The van der Waals surface area contributed by atoms with E-state index in [1.54, 1.807) is 13.0 Å². The smallest absolute Gasteiger partial charge is 0.251 e. The molecular weight excluding hydrogens is 296 g/mol. The molecule has 0 spiro atoms. The van der Waals surface area contributed by atoms with Crippen LogP contribution in [-0.4, -0.2) is 20.2 Å². The zero-order chi connectivity index (χ0) is 16.4. The third kappa shape index (κ3) is 3.18. The summed E-state index contributed by atoms with van der Waals surface area (Å²) in [6, 6.07) is 9.13. The molecule has 23 heavy (non-hydrogen) atoms. The summed E-state index contributed by atoms with van der Waals surface area (Å²) in [6.45, 7) is 1.28. The monoisotopic (exact) mass is 314 g/mol. The van der Waals surface area contributed by atoms with Gasteiger partial charge in [0, 0.05) is 23.2 Å². The number of aliphatic hydroxyl groups is 2. The number of fused-ring (bicyclic) bond motifs is 1. The van der Waals surface area contributed by atoms with E-state index in [9.17, 15) is 15.0 Å². The maximum absolute atomic E-state index is 12.1. The topological polar surface area (TPSA) is 99.4 Å². The van der Waals surface area contributed by atoms with E-state index in [1.165, 1.54) is 0 Å². The van der Waals surface area contributed by atoms with E-state index in [-0.39, 0.29) is 12.2 Å². The SMILES string of the molecule is CC(O)c1cc(CCc2nc3ccccc3o2)c(=O)[nH]c1CO. The Bertz CT molecular complexity index is 847. The van der Waals surface area contributed by atoms with Crippen molar-refractivity contribution in [3.63, 3.8) is 0 Å². The van der Waals surface area contributed by atoms with Gasteiger partial charge in [-0.2, -0.15) is 0 Å². The number of para-hydroxylation sites is 2. The molecule has 1 atom stereocenters. The third-order valence-corrected chi connectivity index (χ3v) is 3.79. The van der Waals surface area contributed by atoms with Gasteiger partial charge in [0.05, 0.1) is 12.7 Å². The molecule has 0 fully saturated rings. The van der Waals surface area contributed by atoms with Gasteiger partial charge in [0.2, 0.25) is 0 Å². The molecule has 3 rings (SSSR count). The standard InChI is InChI=1S/C17H18N2O4/c1-10(21)12-8-11(17(22)19-14(12)9-20)6-7-16-18-13-4-2-3-5-15(13)23-16/h2-5,8,10,20-21H,6-7,9H2,1H3,(H,19,22). The molecule has 2 aromatic heterocycles. The van der Waals surface area contributed by atoms with Gasteiger partial charge in [-0.25, -0.2) is 4.98 Å². The lowest BCUT2D eigenvalue weighted by Crippen LogP contribution is -2.18. The Kier molecular flexibility index (Phi) is 4.27. The molecule has 0 bridgehead atoms. The Morgan fingerprint density at radius 1 is 1.30 bits per heavy atom. The van der Waals surface area contributed by atoms with Crippen molar-refractivity contribution < 1.29 is 14.6 Å². The zero-order valence-corrected chi connectivity index (χ0v) is 12.7. The number of rotatable bonds is 5. The Labute approximate surface area is 132 Å². The Morgan fingerprint density at radius 3 is 2.78 bits per heavy atom. The number of hydrogen-bond donors (Lipinski definition) is 3. The second-order valence-corrected chi connectivity index (χ2v) is 5.47. The number of aliphatic hydroxyl groups excluding tert-OH is 2. The molecule has 0 amide bonds. The molecular formula is C17H18N2O4. The van der Waals surface area contributed by atoms with Crippen molar-refractivity contribution in [1.29, 1.82) is 0 Å². The van der Waals surface area contributed by atoms with Gasteiger partial charge in [0.1, 0.15) is 5.52 Å². The number of pyridine rings is 1. The fraction of sp³-hybridized carbons (Fsp3) is 0.294. The number of hydrogen-bond acceptors (Lipinski definition) is 5. The summed E-state index contributed by atoms with van der Waals surface area (Å²) >= 11 is 0. The van der Waals surface area contributed by atoms with Crippen molar-refractivity contribution in [2.75, 3.05) is 0 Å². The van der Waals surface area contributed by atoms with E-state index in [1.807, 2.05) is 24.3 Å². The maximum Gasteiger partial charge on any atom is 0.251 e. The summed E-state index contributed by atoms with van der Waals surface area (Å²) in [7, 11) is 0. The molecule has 6 nitrogen and oxygen atoms in total. The Balaban J connectivity index is 1.85. The predicted molar refractivity (Wildman–Crippen MR) is 85.0 cm³/mol. The van der Waals surface area contributed by atoms with Crippen molar-refractivity contribution in [2.24, 2.45) is 0 Å². The van der Waals surface area contributed by atoms with Crippen molar-refractivity contribution in [3.8, 4) is 0 Å². The van der Waals surface area contributed by atoms with Gasteiger partial charge in [0.25, 0.3) is 5.56 Å². The van der Waals surface area contributed by atoms with E-state index in [0.717, 1.165) is 11.1 Å². The molecule has 0 aliphatic rings. The van der Waals surface area contributed by atoms with Gasteiger partial charge < -0.3 is 19.6 Å². The Morgan fingerprint density at radius 2 is 2.09 bits per heavy atom. The quantitative estimate of drug-likeness (QED) is 0.667. The number of aryl methyl sites for hydroxylation is 2. The van der Waals surface area contributed by atoms with Crippen molar-refractivity contribution >= 4 is 11.1 Å². The molecule has 3 N–H and O–H groups in total. The molecule has 2 heterocycles. The maximum atomic E-state index is 12.1. The third-order valence-electron chi connectivity index (χ3n) is 3.79. The van der Waals surface area contributed by atoms with Crippen LogP contribution in [0, 0.1) is 0 Å². The van der Waals surface area contributed by atoms with Crippen LogP contribution in [0.2, 0.25) is 0 Å². The van der Waals surface area contributed by atoms with E-state index in [2.05, 4.69) is 9.97 Å². The summed E-state index contributed by atoms with van der Waals surface area (Å²) in [6.07, 6.45) is 0.153. The van der Waals surface area contributed by atoms with Crippen LogP contribution in [0.4, 0.5) is 0 Å². The molecule has 6 heteroatoms. The van der Waals surface area contributed by atoms with Gasteiger partial charge in [-0.05, 0) is 31.5 Å². The predicted octanol–water partition coefficient (Wildman–Crippen LogP) is 1.85. The van der Waals surface area contributed by atoms with E-state index >= 15 is 0 Å². The Hall–Kier alpha value is -2.44. The van der Waals surface area contributed by atoms with Crippen molar-refractivity contribution in [2.45, 2.75) is 32.5 Å². The largest absolute Gasteiger partial charge is 0.441 e. The van der Waals surface area contributed by atoms with Gasteiger partial charge >= 0.3 is 0 Å². The van der Waals surface area contributed by atoms with Crippen LogP contribution in [0.3, 0.4) is 0 Å². The highest BCUT2D eigenvalue weighted by Crippen LogP contribution is 2.18. The van der Waals surface area contributed by atoms with Gasteiger partial charge in [0.15, 0.2) is 11.5 Å². The lowest BCUT2D eigenvalue weighted by Gasteiger charge is -2.11. The van der Waals surface area contributed by atoms with Gasteiger partial charge in [-0.3, -0.25) is 4.79 Å². The lowest BCUT2D eigenvalue weighted by atomic mass is 10.0. The summed E-state index contributed by atoms with van der Waals surface area (Å²) in [5, 5.41) is 19.0. The number of aromatic amines is 1. The van der Waals surface area contributed by atoms with Crippen LogP contribution in [0.1, 0.15) is 35.7 Å². The summed E-state index contributed by atoms with van der Waals surface area (Å²) in [5.41, 5.74) is 2.64. The van der Waals surface area contributed by atoms with E-state index < -0.39 is 6.10 Å². The number of aromatic nitrogens is 2. The molecule has 120 valence electrons. The average molecular weight is 314 g/mol. The zero-order valence-electron chi connectivity index (χ0n) is 12.7. The lowest BCUT2D eigenvalue weighted by molar-refractivity contribution is 0.192. The first-order valence-electron chi connectivity index (χ1n) is 7.47. The fourth-order valence-corrected chi connectivity index (χ4v) is 2.59. The number of oxazole rings is 1. The van der Waals surface area contributed by atoms with Crippen LogP contribution in [-0.2, 0) is 19.4 Å². The van der Waals surface area contributed by atoms with E-state index in [0.29, 0.717) is 35.6 Å². The molecule has 0 saturated heterocycles. The first kappa shape index (κ1) is 15.5. The highest BCUT2D eigenvalue weighted by atomic mass is 16.3. The molecule has 1 unspecified atom stereocenters. The van der Waals surface area contributed by atoms with Crippen LogP contribution >= 0.6 is 0 Å². The minimum absolute atomic E-state index is 0.269. The molecule has 0 aliphatic carbocycles. The van der Waals surface area contributed by atoms with Crippen LogP contribution in [0.15, 0.2) is 39.5 Å². The number of H-pyrrole nitrogens is 1. The summed E-state index contributed by atoms with van der Waals surface area (Å²) < 4.78 is 5.64. The number of nitrogens with one attached hydrogen (secondary N) is 1. The number of nitrogens with zero attached hydrogens (tertiary/aromatic N) is 1. The highest BCUT2D eigenvalue weighted by Gasteiger charge is 2.13. The van der Waals surface area contributed by atoms with Gasteiger partial charge in [-0.15, -0.1) is 0 Å². The minimum atomic E-state index is -0.767. The summed E-state index contributed by atoms with van der Waals surface area (Å²) in [5.74, 6) is 0.565. The molecule has 3 aromatic rings. The average Bonchev–Trinajstić information content (AvgIpc) is 2.95. The van der Waals surface area contributed by atoms with Crippen LogP contribution in [0.25, 0.3) is 11.1 Å².